The standard InChI is InChI=1S/C11H25NO2/c1-10(2)14-8-6-5-7-12-11(3)9-13-4/h10-12H,5-9H2,1-4H3. The minimum atomic E-state index is 0.357. The summed E-state index contributed by atoms with van der Waals surface area (Å²) in [5.74, 6) is 0. The van der Waals surface area contributed by atoms with Crippen LogP contribution in [0.4, 0.5) is 0 Å². The van der Waals surface area contributed by atoms with Crippen molar-refractivity contribution in [2.45, 2.75) is 45.8 Å². The van der Waals surface area contributed by atoms with Gasteiger partial charge in [-0.1, -0.05) is 0 Å². The zero-order valence-corrected chi connectivity index (χ0v) is 10.0. The molecule has 14 heavy (non-hydrogen) atoms. The minimum absolute atomic E-state index is 0.357. The van der Waals surface area contributed by atoms with Crippen LogP contribution in [0.15, 0.2) is 0 Å². The quantitative estimate of drug-likeness (QED) is 0.580. The Morgan fingerprint density at radius 2 is 1.86 bits per heavy atom. The first-order valence-corrected chi connectivity index (χ1v) is 5.50. The van der Waals surface area contributed by atoms with Crippen LogP contribution in [0.1, 0.15) is 33.6 Å². The number of unbranched alkanes of at least 4 members (excludes halogenated alkanes) is 1. The van der Waals surface area contributed by atoms with E-state index in [1.807, 2.05) is 0 Å². The Labute approximate surface area is 88.2 Å². The summed E-state index contributed by atoms with van der Waals surface area (Å²) in [6.07, 6.45) is 2.65. The Morgan fingerprint density at radius 1 is 1.14 bits per heavy atom. The lowest BCUT2D eigenvalue weighted by atomic mass is 10.3. The topological polar surface area (TPSA) is 30.5 Å². The van der Waals surface area contributed by atoms with Crippen LogP contribution in [0, 0.1) is 0 Å². The molecular weight excluding hydrogens is 178 g/mol. The van der Waals surface area contributed by atoms with Crippen molar-refractivity contribution in [2.75, 3.05) is 26.9 Å². The highest BCUT2D eigenvalue weighted by molar-refractivity contribution is 4.58. The average Bonchev–Trinajstić information content (AvgIpc) is 2.11. The van der Waals surface area contributed by atoms with Crippen LogP contribution in [0.3, 0.4) is 0 Å². The fraction of sp³-hybridized carbons (Fsp3) is 1.00. The van der Waals surface area contributed by atoms with Gasteiger partial charge in [-0.25, -0.2) is 0 Å². The fourth-order valence-corrected chi connectivity index (χ4v) is 1.20. The maximum atomic E-state index is 5.44. The van der Waals surface area contributed by atoms with Crippen LogP contribution in [0.25, 0.3) is 0 Å². The molecule has 1 N–H and O–H groups in total. The van der Waals surface area contributed by atoms with Crippen LogP contribution in [-0.4, -0.2) is 39.0 Å². The second kappa shape index (κ2) is 9.44. The van der Waals surface area contributed by atoms with Gasteiger partial charge in [0.15, 0.2) is 0 Å². The van der Waals surface area contributed by atoms with Crippen LogP contribution in [0.5, 0.6) is 0 Å². The van der Waals surface area contributed by atoms with Gasteiger partial charge in [-0.2, -0.15) is 0 Å². The molecule has 0 heterocycles. The van der Waals surface area contributed by atoms with E-state index in [2.05, 4.69) is 26.1 Å². The van der Waals surface area contributed by atoms with E-state index in [1.165, 1.54) is 6.42 Å². The highest BCUT2D eigenvalue weighted by Crippen LogP contribution is 1.94. The molecule has 1 unspecified atom stereocenters. The Balaban J connectivity index is 3.05. The van der Waals surface area contributed by atoms with E-state index in [9.17, 15) is 0 Å². The number of hydrogen-bond donors (Lipinski definition) is 1. The lowest BCUT2D eigenvalue weighted by Crippen LogP contribution is -2.31. The van der Waals surface area contributed by atoms with Gasteiger partial charge in [-0.05, 0) is 40.2 Å². The Kier molecular flexibility index (Phi) is 9.35. The fourth-order valence-electron chi connectivity index (χ4n) is 1.20. The van der Waals surface area contributed by atoms with Crippen LogP contribution >= 0.6 is 0 Å². The largest absolute Gasteiger partial charge is 0.383 e. The lowest BCUT2D eigenvalue weighted by molar-refractivity contribution is 0.0757. The number of rotatable bonds is 9. The van der Waals surface area contributed by atoms with Gasteiger partial charge < -0.3 is 14.8 Å². The van der Waals surface area contributed by atoms with E-state index in [1.54, 1.807) is 7.11 Å². The third-order valence-electron chi connectivity index (χ3n) is 1.93. The predicted octanol–water partition coefficient (Wildman–Crippen LogP) is 1.82. The number of nitrogens with one attached hydrogen (secondary N) is 1. The van der Waals surface area contributed by atoms with E-state index in [0.29, 0.717) is 12.1 Å². The third kappa shape index (κ3) is 9.96. The smallest absolute Gasteiger partial charge is 0.0613 e. The molecular formula is C11H25NO2. The summed E-state index contributed by atoms with van der Waals surface area (Å²) in [5, 5.41) is 3.39. The molecule has 0 aromatic carbocycles. The van der Waals surface area contributed by atoms with Crippen molar-refractivity contribution < 1.29 is 9.47 Å². The molecule has 86 valence electrons. The summed E-state index contributed by atoms with van der Waals surface area (Å²) >= 11 is 0. The first-order chi connectivity index (χ1) is 6.66. The number of hydrogen-bond acceptors (Lipinski definition) is 3. The summed E-state index contributed by atoms with van der Waals surface area (Å²) in [6, 6.07) is 0.450. The molecule has 0 saturated heterocycles. The van der Waals surface area contributed by atoms with Gasteiger partial charge >= 0.3 is 0 Å². The molecule has 0 bridgehead atoms. The third-order valence-corrected chi connectivity index (χ3v) is 1.93. The minimum Gasteiger partial charge on any atom is -0.383 e. The molecule has 0 fully saturated rings. The average molecular weight is 203 g/mol. The van der Waals surface area contributed by atoms with E-state index in [0.717, 1.165) is 26.2 Å². The van der Waals surface area contributed by atoms with Crippen molar-refractivity contribution in [1.82, 2.24) is 5.32 Å². The summed E-state index contributed by atoms with van der Waals surface area (Å²) < 4.78 is 10.5. The number of ether oxygens (including phenoxy) is 2. The van der Waals surface area contributed by atoms with Crippen molar-refractivity contribution in [1.29, 1.82) is 0 Å². The summed E-state index contributed by atoms with van der Waals surface area (Å²) in [6.45, 7) is 8.97. The predicted molar refractivity (Wildman–Crippen MR) is 59.7 cm³/mol. The zero-order valence-electron chi connectivity index (χ0n) is 10.0. The lowest BCUT2D eigenvalue weighted by Gasteiger charge is -2.12. The molecule has 0 aliphatic heterocycles. The molecule has 0 aliphatic rings. The van der Waals surface area contributed by atoms with E-state index < -0.39 is 0 Å². The van der Waals surface area contributed by atoms with E-state index in [4.69, 9.17) is 9.47 Å². The molecule has 0 spiro atoms. The van der Waals surface area contributed by atoms with Crippen LogP contribution in [-0.2, 0) is 9.47 Å². The molecule has 0 aromatic rings. The molecule has 3 nitrogen and oxygen atoms in total. The molecule has 0 aromatic heterocycles. The van der Waals surface area contributed by atoms with Gasteiger partial charge in [-0.3, -0.25) is 0 Å². The van der Waals surface area contributed by atoms with Gasteiger partial charge in [-0.15, -0.1) is 0 Å². The van der Waals surface area contributed by atoms with Gasteiger partial charge in [0.05, 0.1) is 12.7 Å². The molecule has 3 heteroatoms. The second-order valence-corrected chi connectivity index (χ2v) is 3.94. The molecule has 0 aliphatic carbocycles. The summed E-state index contributed by atoms with van der Waals surface area (Å²) in [5.41, 5.74) is 0. The molecule has 0 rings (SSSR count). The van der Waals surface area contributed by atoms with Crippen molar-refractivity contribution in [3.63, 3.8) is 0 Å². The monoisotopic (exact) mass is 203 g/mol. The highest BCUT2D eigenvalue weighted by atomic mass is 16.5. The van der Waals surface area contributed by atoms with Crippen molar-refractivity contribution in [2.24, 2.45) is 0 Å². The Bertz CT molecular complexity index is 118. The first kappa shape index (κ1) is 13.9. The first-order valence-electron chi connectivity index (χ1n) is 5.50. The molecule has 1 atom stereocenters. The number of methoxy groups -OCH3 is 1. The summed E-state index contributed by atoms with van der Waals surface area (Å²) in [7, 11) is 1.73. The van der Waals surface area contributed by atoms with Crippen molar-refractivity contribution in [3.05, 3.63) is 0 Å². The molecule has 0 radical (unpaired) electrons. The Morgan fingerprint density at radius 3 is 2.43 bits per heavy atom. The molecule has 0 amide bonds. The zero-order chi connectivity index (χ0) is 10.8. The van der Waals surface area contributed by atoms with Gasteiger partial charge in [0.2, 0.25) is 0 Å². The Hall–Kier alpha value is -0.120. The van der Waals surface area contributed by atoms with Crippen molar-refractivity contribution >= 4 is 0 Å². The maximum absolute atomic E-state index is 5.44. The van der Waals surface area contributed by atoms with E-state index in [-0.39, 0.29) is 0 Å². The van der Waals surface area contributed by atoms with Gasteiger partial charge in [0.25, 0.3) is 0 Å². The van der Waals surface area contributed by atoms with Crippen molar-refractivity contribution in [3.8, 4) is 0 Å². The van der Waals surface area contributed by atoms with Crippen LogP contribution in [0.2, 0.25) is 0 Å². The normalized spacial score (nSPS) is 13.5. The van der Waals surface area contributed by atoms with Gasteiger partial charge in [0, 0.05) is 19.8 Å². The molecule has 0 saturated carbocycles. The second-order valence-electron chi connectivity index (χ2n) is 3.94. The SMILES string of the molecule is COCC(C)NCCCCOC(C)C. The summed E-state index contributed by atoms with van der Waals surface area (Å²) in [4.78, 5) is 0. The highest BCUT2D eigenvalue weighted by Gasteiger charge is 1.98. The van der Waals surface area contributed by atoms with E-state index >= 15 is 0 Å². The van der Waals surface area contributed by atoms with Gasteiger partial charge in [0.1, 0.15) is 0 Å². The van der Waals surface area contributed by atoms with Crippen LogP contribution < -0.4 is 5.32 Å². The maximum Gasteiger partial charge on any atom is 0.0613 e.